The lowest BCUT2D eigenvalue weighted by Crippen LogP contribution is -2.25. The van der Waals surface area contributed by atoms with E-state index in [1.165, 1.54) is 0 Å². The van der Waals surface area contributed by atoms with Crippen LogP contribution < -0.4 is 10.2 Å². The lowest BCUT2D eigenvalue weighted by Gasteiger charge is -2.18. The molecule has 74 valence electrons. The molecule has 0 saturated heterocycles. The van der Waals surface area contributed by atoms with Crippen LogP contribution in [0.5, 0.6) is 0 Å². The Labute approximate surface area is 78.9 Å². The summed E-state index contributed by atoms with van der Waals surface area (Å²) in [6.07, 6.45) is 1.69. The standard InChI is InChI=1S/C9H17N3O/c1-7(2)12(4)9-11-8(5-10-3)6-13-9/h6-7,10H,5H2,1-4H3. The normalized spacial score (nSPS) is 10.8. The third-order valence-electron chi connectivity index (χ3n) is 1.97. The summed E-state index contributed by atoms with van der Waals surface area (Å²) in [4.78, 5) is 6.32. The molecule has 0 atom stereocenters. The zero-order chi connectivity index (χ0) is 9.84. The van der Waals surface area contributed by atoms with Gasteiger partial charge in [0.2, 0.25) is 0 Å². The summed E-state index contributed by atoms with van der Waals surface area (Å²) in [5.41, 5.74) is 0.935. The number of oxazole rings is 1. The van der Waals surface area contributed by atoms with Crippen LogP contribution in [0.3, 0.4) is 0 Å². The molecule has 4 heteroatoms. The Morgan fingerprint density at radius 1 is 1.62 bits per heavy atom. The number of nitrogens with zero attached hydrogens (tertiary/aromatic N) is 2. The van der Waals surface area contributed by atoms with Crippen molar-refractivity contribution in [3.05, 3.63) is 12.0 Å². The molecule has 1 aromatic heterocycles. The molecule has 0 aliphatic carbocycles. The first-order valence-corrected chi connectivity index (χ1v) is 4.47. The van der Waals surface area contributed by atoms with E-state index in [2.05, 4.69) is 24.1 Å². The summed E-state index contributed by atoms with van der Waals surface area (Å²) >= 11 is 0. The third kappa shape index (κ3) is 2.45. The van der Waals surface area contributed by atoms with Gasteiger partial charge in [-0.25, -0.2) is 0 Å². The van der Waals surface area contributed by atoms with Crippen molar-refractivity contribution in [2.75, 3.05) is 19.0 Å². The van der Waals surface area contributed by atoms with E-state index in [-0.39, 0.29) is 0 Å². The van der Waals surface area contributed by atoms with Gasteiger partial charge in [-0.3, -0.25) is 0 Å². The minimum Gasteiger partial charge on any atom is -0.432 e. The van der Waals surface area contributed by atoms with Crippen molar-refractivity contribution in [1.82, 2.24) is 10.3 Å². The topological polar surface area (TPSA) is 41.3 Å². The molecule has 1 aromatic rings. The summed E-state index contributed by atoms with van der Waals surface area (Å²) < 4.78 is 5.32. The number of hydrogen-bond acceptors (Lipinski definition) is 4. The van der Waals surface area contributed by atoms with Gasteiger partial charge >= 0.3 is 0 Å². The molecule has 1 heterocycles. The van der Waals surface area contributed by atoms with E-state index in [4.69, 9.17) is 4.42 Å². The molecule has 0 aliphatic heterocycles. The Hall–Kier alpha value is -1.03. The van der Waals surface area contributed by atoms with Crippen molar-refractivity contribution in [1.29, 1.82) is 0 Å². The summed E-state index contributed by atoms with van der Waals surface area (Å²) in [6, 6.07) is 1.08. The fourth-order valence-electron chi connectivity index (χ4n) is 0.941. The highest BCUT2D eigenvalue weighted by Crippen LogP contribution is 2.13. The van der Waals surface area contributed by atoms with Crippen LogP contribution in [0.25, 0.3) is 0 Å². The van der Waals surface area contributed by atoms with E-state index in [0.29, 0.717) is 12.1 Å². The molecule has 13 heavy (non-hydrogen) atoms. The second-order valence-electron chi connectivity index (χ2n) is 3.36. The number of nitrogens with one attached hydrogen (secondary N) is 1. The van der Waals surface area contributed by atoms with Crippen molar-refractivity contribution < 1.29 is 4.42 Å². The zero-order valence-corrected chi connectivity index (χ0v) is 8.66. The molecule has 1 N–H and O–H groups in total. The average Bonchev–Trinajstić information content (AvgIpc) is 2.52. The molecule has 0 unspecified atom stereocenters. The van der Waals surface area contributed by atoms with E-state index in [1.807, 2.05) is 19.0 Å². The molecule has 0 bridgehead atoms. The molecule has 0 spiro atoms. The van der Waals surface area contributed by atoms with Crippen LogP contribution in [0.1, 0.15) is 19.5 Å². The average molecular weight is 183 g/mol. The van der Waals surface area contributed by atoms with Crippen molar-refractivity contribution >= 4 is 6.01 Å². The van der Waals surface area contributed by atoms with E-state index in [1.54, 1.807) is 6.26 Å². The van der Waals surface area contributed by atoms with E-state index in [0.717, 1.165) is 12.2 Å². The summed E-state index contributed by atoms with van der Waals surface area (Å²) in [7, 11) is 3.86. The highest BCUT2D eigenvalue weighted by molar-refractivity contribution is 5.26. The number of rotatable bonds is 4. The minimum absolute atomic E-state index is 0.404. The van der Waals surface area contributed by atoms with Gasteiger partial charge in [-0.1, -0.05) is 0 Å². The van der Waals surface area contributed by atoms with Gasteiger partial charge in [0.25, 0.3) is 6.01 Å². The van der Waals surface area contributed by atoms with Gasteiger partial charge < -0.3 is 14.6 Å². The minimum atomic E-state index is 0.404. The van der Waals surface area contributed by atoms with E-state index < -0.39 is 0 Å². The highest BCUT2D eigenvalue weighted by atomic mass is 16.4. The fraction of sp³-hybridized carbons (Fsp3) is 0.667. The molecular weight excluding hydrogens is 166 g/mol. The molecule has 0 amide bonds. The van der Waals surface area contributed by atoms with Crippen molar-refractivity contribution in [3.8, 4) is 0 Å². The smallest absolute Gasteiger partial charge is 0.297 e. The molecule has 0 aromatic carbocycles. The molecule has 0 aliphatic rings. The molecule has 0 radical (unpaired) electrons. The SMILES string of the molecule is CNCc1coc(N(C)C(C)C)n1. The summed E-state index contributed by atoms with van der Waals surface area (Å²) in [6.45, 7) is 4.94. The predicted octanol–water partition coefficient (Wildman–Crippen LogP) is 1.24. The fourth-order valence-corrected chi connectivity index (χ4v) is 0.941. The second-order valence-corrected chi connectivity index (χ2v) is 3.36. The van der Waals surface area contributed by atoms with Crippen LogP contribution in [0, 0.1) is 0 Å². The van der Waals surface area contributed by atoms with Gasteiger partial charge in [-0.05, 0) is 20.9 Å². The van der Waals surface area contributed by atoms with Gasteiger partial charge in [0.1, 0.15) is 6.26 Å². The molecule has 0 fully saturated rings. The lowest BCUT2D eigenvalue weighted by molar-refractivity contribution is 0.528. The summed E-state index contributed by atoms with van der Waals surface area (Å²) in [5.74, 6) is 0. The number of aromatic nitrogens is 1. The summed E-state index contributed by atoms with van der Waals surface area (Å²) in [5, 5.41) is 3.02. The lowest BCUT2D eigenvalue weighted by atomic mass is 10.4. The van der Waals surface area contributed by atoms with Crippen molar-refractivity contribution in [2.45, 2.75) is 26.4 Å². The van der Waals surface area contributed by atoms with Gasteiger partial charge in [-0.15, -0.1) is 0 Å². The van der Waals surface area contributed by atoms with E-state index >= 15 is 0 Å². The maximum atomic E-state index is 5.32. The number of anilines is 1. The predicted molar refractivity (Wildman–Crippen MR) is 52.8 cm³/mol. The first kappa shape index (κ1) is 10.1. The monoisotopic (exact) mass is 183 g/mol. The van der Waals surface area contributed by atoms with E-state index in [9.17, 15) is 0 Å². The van der Waals surface area contributed by atoms with Crippen LogP contribution in [-0.2, 0) is 6.54 Å². The van der Waals surface area contributed by atoms with Crippen LogP contribution in [0.2, 0.25) is 0 Å². The second kappa shape index (κ2) is 4.28. The largest absolute Gasteiger partial charge is 0.432 e. The van der Waals surface area contributed by atoms with Crippen LogP contribution in [-0.4, -0.2) is 25.1 Å². The Morgan fingerprint density at radius 2 is 2.31 bits per heavy atom. The highest BCUT2D eigenvalue weighted by Gasteiger charge is 2.10. The zero-order valence-electron chi connectivity index (χ0n) is 8.66. The van der Waals surface area contributed by atoms with Crippen LogP contribution >= 0.6 is 0 Å². The third-order valence-corrected chi connectivity index (χ3v) is 1.97. The Morgan fingerprint density at radius 3 is 2.85 bits per heavy atom. The Bertz CT molecular complexity index is 257. The van der Waals surface area contributed by atoms with Gasteiger partial charge in [0.15, 0.2) is 0 Å². The number of hydrogen-bond donors (Lipinski definition) is 1. The maximum absolute atomic E-state index is 5.32. The van der Waals surface area contributed by atoms with Gasteiger partial charge in [0, 0.05) is 19.6 Å². The van der Waals surface area contributed by atoms with Gasteiger partial charge in [0.05, 0.1) is 5.69 Å². The van der Waals surface area contributed by atoms with Crippen molar-refractivity contribution in [3.63, 3.8) is 0 Å². The van der Waals surface area contributed by atoms with Crippen LogP contribution in [0.4, 0.5) is 6.01 Å². The Kier molecular flexibility index (Phi) is 3.31. The molecule has 4 nitrogen and oxygen atoms in total. The molecular formula is C9H17N3O. The maximum Gasteiger partial charge on any atom is 0.297 e. The Balaban J connectivity index is 2.67. The quantitative estimate of drug-likeness (QED) is 0.762. The molecule has 0 saturated carbocycles. The van der Waals surface area contributed by atoms with Gasteiger partial charge in [-0.2, -0.15) is 4.98 Å². The van der Waals surface area contributed by atoms with Crippen LogP contribution in [0.15, 0.2) is 10.7 Å². The van der Waals surface area contributed by atoms with Crippen molar-refractivity contribution in [2.24, 2.45) is 0 Å². The first-order valence-electron chi connectivity index (χ1n) is 4.47. The molecule has 1 rings (SSSR count). The first-order chi connectivity index (χ1) is 6.15.